The lowest BCUT2D eigenvalue weighted by atomic mass is 10.1. The van der Waals surface area contributed by atoms with Crippen LogP contribution in [-0.2, 0) is 4.74 Å². The van der Waals surface area contributed by atoms with Crippen molar-refractivity contribution in [1.29, 1.82) is 0 Å². The van der Waals surface area contributed by atoms with Crippen molar-refractivity contribution in [2.24, 2.45) is 0 Å². The number of rotatable bonds is 6. The monoisotopic (exact) mass is 495 g/mol. The maximum Gasteiger partial charge on any atom is 0.282 e. The minimum atomic E-state index is -0.689. The molecule has 0 saturated carbocycles. The molecule has 3 aromatic rings. The average molecular weight is 496 g/mol. The highest BCUT2D eigenvalue weighted by atomic mass is 35.5. The molecular weight excluding hydrogens is 474 g/mol. The lowest BCUT2D eigenvalue weighted by Crippen LogP contribution is -2.33. The number of hydrogen-bond acceptors (Lipinski definition) is 7. The van der Waals surface area contributed by atoms with Crippen molar-refractivity contribution in [3.63, 3.8) is 0 Å². The maximum absolute atomic E-state index is 12.9. The first-order valence-electron chi connectivity index (χ1n) is 10.8. The highest BCUT2D eigenvalue weighted by Crippen LogP contribution is 2.26. The van der Waals surface area contributed by atoms with Crippen molar-refractivity contribution in [3.8, 4) is 0 Å². The second kappa shape index (κ2) is 10.6. The smallest absolute Gasteiger partial charge is 0.282 e. The molecule has 0 spiro atoms. The molecule has 0 aliphatic carbocycles. The highest BCUT2D eigenvalue weighted by Gasteiger charge is 2.22. The zero-order valence-electron chi connectivity index (χ0n) is 18.7. The Morgan fingerprint density at radius 2 is 1.97 bits per heavy atom. The van der Waals surface area contributed by atoms with Crippen LogP contribution in [0.4, 0.5) is 17.1 Å². The molecule has 1 aromatic heterocycles. The van der Waals surface area contributed by atoms with E-state index < -0.39 is 10.8 Å². The van der Waals surface area contributed by atoms with Crippen LogP contribution in [0.15, 0.2) is 54.7 Å². The normalized spacial score (nSPS) is 15.3. The van der Waals surface area contributed by atoms with E-state index in [0.717, 1.165) is 6.54 Å². The van der Waals surface area contributed by atoms with Crippen LogP contribution in [0.2, 0.25) is 5.02 Å². The second-order valence-electron chi connectivity index (χ2n) is 7.89. The number of ether oxygens (including phenoxy) is 1. The van der Waals surface area contributed by atoms with Gasteiger partial charge in [-0.25, -0.2) is 0 Å². The number of halogens is 1. The molecule has 1 fully saturated rings. The van der Waals surface area contributed by atoms with E-state index in [1.807, 2.05) is 0 Å². The molecule has 1 unspecified atom stereocenters. The molecule has 180 valence electrons. The Hall–Kier alpha value is -3.86. The minimum absolute atomic E-state index is 0.167. The van der Waals surface area contributed by atoms with Crippen LogP contribution in [0.25, 0.3) is 0 Å². The molecule has 4 rings (SSSR count). The Kier molecular flexibility index (Phi) is 7.35. The molecule has 1 atom stereocenters. The summed E-state index contributed by atoms with van der Waals surface area (Å²) < 4.78 is 5.70. The summed E-state index contributed by atoms with van der Waals surface area (Å²) in [6.07, 6.45) is 1.33. The molecule has 1 aliphatic heterocycles. The fraction of sp³-hybridized carbons (Fsp3) is 0.208. The van der Waals surface area contributed by atoms with Crippen LogP contribution in [0, 0.1) is 17.0 Å². The Morgan fingerprint density at radius 3 is 2.71 bits per heavy atom. The quantitative estimate of drug-likeness (QED) is 0.345. The molecule has 0 radical (unpaired) electrons. The number of nitro groups is 1. The first kappa shape index (κ1) is 24.3. The summed E-state index contributed by atoms with van der Waals surface area (Å²) in [5.41, 5.74) is 2.06. The third-order valence-electron chi connectivity index (χ3n) is 5.44. The van der Waals surface area contributed by atoms with Gasteiger partial charge in [0.25, 0.3) is 17.5 Å². The lowest BCUT2D eigenvalue weighted by Gasteiger charge is -2.23. The predicted molar refractivity (Wildman–Crippen MR) is 131 cm³/mol. The number of aromatic nitrogens is 1. The summed E-state index contributed by atoms with van der Waals surface area (Å²) in [5, 5.41) is 20.2. The molecule has 35 heavy (non-hydrogen) atoms. The van der Waals surface area contributed by atoms with Crippen LogP contribution < -0.4 is 16.0 Å². The number of aryl methyl sites for hydroxylation is 1. The fourth-order valence-corrected chi connectivity index (χ4v) is 3.77. The topological polar surface area (TPSA) is 135 Å². The Balaban J connectivity index is 1.51. The van der Waals surface area contributed by atoms with E-state index in [2.05, 4.69) is 20.9 Å². The van der Waals surface area contributed by atoms with E-state index in [-0.39, 0.29) is 28.3 Å². The highest BCUT2D eigenvalue weighted by molar-refractivity contribution is 6.31. The standard InChI is InChI=1S/C24H22ClN5O5/c1-14-2-4-17(12-19(14)29-24(32)18-11-16(25)3-5-21(18)30(33)34)28-23(31)15-6-7-27-20(10-15)22-13-26-8-9-35-22/h2-7,10-12,22,26H,8-9,13H2,1H3,(H,28,31)(H,29,32). The molecule has 3 N–H and O–H groups in total. The van der Waals surface area contributed by atoms with Crippen LogP contribution in [0.5, 0.6) is 0 Å². The maximum atomic E-state index is 12.9. The number of benzene rings is 2. The van der Waals surface area contributed by atoms with Gasteiger partial charge in [-0.2, -0.15) is 0 Å². The van der Waals surface area contributed by atoms with Crippen molar-refractivity contribution in [2.75, 3.05) is 30.3 Å². The van der Waals surface area contributed by atoms with E-state index in [9.17, 15) is 19.7 Å². The van der Waals surface area contributed by atoms with Crippen molar-refractivity contribution >= 4 is 40.5 Å². The molecule has 1 aliphatic rings. The van der Waals surface area contributed by atoms with Gasteiger partial charge in [-0.15, -0.1) is 0 Å². The number of pyridine rings is 1. The van der Waals surface area contributed by atoms with Gasteiger partial charge in [0.2, 0.25) is 0 Å². The van der Waals surface area contributed by atoms with Crippen molar-refractivity contribution in [2.45, 2.75) is 13.0 Å². The van der Waals surface area contributed by atoms with Gasteiger partial charge in [0.1, 0.15) is 11.7 Å². The summed E-state index contributed by atoms with van der Waals surface area (Å²) in [4.78, 5) is 40.7. The largest absolute Gasteiger partial charge is 0.369 e. The van der Waals surface area contributed by atoms with Crippen molar-refractivity contribution in [1.82, 2.24) is 10.3 Å². The summed E-state index contributed by atoms with van der Waals surface area (Å²) in [7, 11) is 0. The first-order chi connectivity index (χ1) is 16.8. The molecule has 11 heteroatoms. The third kappa shape index (κ3) is 5.80. The number of carbonyl (C=O) groups excluding carboxylic acids is 2. The second-order valence-corrected chi connectivity index (χ2v) is 8.33. The van der Waals surface area contributed by atoms with Crippen LogP contribution >= 0.6 is 11.6 Å². The zero-order valence-corrected chi connectivity index (χ0v) is 19.5. The number of nitrogens with zero attached hydrogens (tertiary/aromatic N) is 2. The van der Waals surface area contributed by atoms with Gasteiger partial charge in [0, 0.05) is 47.3 Å². The number of carbonyl (C=O) groups is 2. The number of morpholine rings is 1. The van der Waals surface area contributed by atoms with Gasteiger partial charge >= 0.3 is 0 Å². The van der Waals surface area contributed by atoms with E-state index in [1.165, 1.54) is 18.2 Å². The van der Waals surface area contributed by atoms with E-state index in [0.29, 0.717) is 41.3 Å². The molecule has 1 saturated heterocycles. The van der Waals surface area contributed by atoms with Gasteiger partial charge in [-0.1, -0.05) is 17.7 Å². The Bertz CT molecular complexity index is 1290. The summed E-state index contributed by atoms with van der Waals surface area (Å²) in [6.45, 7) is 3.72. The molecule has 10 nitrogen and oxygen atoms in total. The zero-order chi connectivity index (χ0) is 24.9. The van der Waals surface area contributed by atoms with Crippen molar-refractivity contribution < 1.29 is 19.2 Å². The number of nitrogens with one attached hydrogen (secondary N) is 3. The van der Waals surface area contributed by atoms with Crippen LogP contribution in [0.1, 0.15) is 38.1 Å². The molecule has 2 aromatic carbocycles. The average Bonchev–Trinajstić information content (AvgIpc) is 2.86. The van der Waals surface area contributed by atoms with Crippen LogP contribution in [-0.4, -0.2) is 41.4 Å². The van der Waals surface area contributed by atoms with Crippen LogP contribution in [0.3, 0.4) is 0 Å². The molecule has 2 amide bonds. The van der Waals surface area contributed by atoms with Gasteiger partial charge < -0.3 is 20.7 Å². The molecule has 0 bridgehead atoms. The first-order valence-corrected chi connectivity index (χ1v) is 11.1. The van der Waals surface area contributed by atoms with Crippen molar-refractivity contribution in [3.05, 3.63) is 92.2 Å². The van der Waals surface area contributed by atoms with Gasteiger partial charge in [-0.3, -0.25) is 24.7 Å². The Morgan fingerprint density at radius 1 is 1.14 bits per heavy atom. The predicted octanol–water partition coefficient (Wildman–Crippen LogP) is 4.12. The lowest BCUT2D eigenvalue weighted by molar-refractivity contribution is -0.385. The minimum Gasteiger partial charge on any atom is -0.369 e. The van der Waals surface area contributed by atoms with Gasteiger partial charge in [0.15, 0.2) is 0 Å². The SMILES string of the molecule is Cc1ccc(NC(=O)c2ccnc(C3CNCCO3)c2)cc1NC(=O)c1cc(Cl)ccc1[N+](=O)[O-]. The number of amides is 2. The number of hydrogen-bond donors (Lipinski definition) is 3. The summed E-state index contributed by atoms with van der Waals surface area (Å²) >= 11 is 5.94. The third-order valence-corrected chi connectivity index (χ3v) is 5.68. The van der Waals surface area contributed by atoms with Gasteiger partial charge in [0.05, 0.1) is 17.2 Å². The summed E-state index contributed by atoms with van der Waals surface area (Å²) in [6, 6.07) is 12.0. The Labute approximate surface area is 205 Å². The fourth-order valence-electron chi connectivity index (χ4n) is 3.60. The van der Waals surface area contributed by atoms with Gasteiger partial charge in [-0.05, 0) is 48.9 Å². The number of anilines is 2. The number of nitro benzene ring substituents is 1. The van der Waals surface area contributed by atoms with E-state index >= 15 is 0 Å². The molecular formula is C24H22ClN5O5. The molecule has 2 heterocycles. The van der Waals surface area contributed by atoms with E-state index in [1.54, 1.807) is 43.5 Å². The van der Waals surface area contributed by atoms with E-state index in [4.69, 9.17) is 16.3 Å². The summed E-state index contributed by atoms with van der Waals surface area (Å²) in [5.74, 6) is -1.05.